The van der Waals surface area contributed by atoms with E-state index in [1.807, 2.05) is 0 Å². The zero-order valence-electron chi connectivity index (χ0n) is 15.4. The van der Waals surface area contributed by atoms with E-state index < -0.39 is 24.1 Å². The third-order valence-corrected chi connectivity index (χ3v) is 2.72. The van der Waals surface area contributed by atoms with Crippen molar-refractivity contribution >= 4 is 11.9 Å². The number of carbonyl (C=O) groups is 2. The van der Waals surface area contributed by atoms with E-state index in [2.05, 4.69) is 16.1 Å². The molecule has 0 aliphatic rings. The summed E-state index contributed by atoms with van der Waals surface area (Å²) in [6.07, 6.45) is 0.834. The largest absolute Gasteiger partial charge is 0.467 e. The van der Waals surface area contributed by atoms with Crippen molar-refractivity contribution in [3.63, 3.8) is 0 Å². The lowest BCUT2D eigenvalue weighted by molar-refractivity contribution is -0.156. The lowest BCUT2D eigenvalue weighted by Gasteiger charge is -2.12. The first-order valence-corrected chi connectivity index (χ1v) is 7.60. The van der Waals surface area contributed by atoms with Gasteiger partial charge in [0.2, 0.25) is 0 Å². The first-order valence-electron chi connectivity index (χ1n) is 7.60. The van der Waals surface area contributed by atoms with Gasteiger partial charge in [0.05, 0.1) is 34.0 Å². The molecule has 0 saturated carbocycles. The van der Waals surface area contributed by atoms with E-state index in [0.29, 0.717) is 19.6 Å². The van der Waals surface area contributed by atoms with Gasteiger partial charge < -0.3 is 33.5 Å². The molecule has 0 amide bonds. The van der Waals surface area contributed by atoms with Gasteiger partial charge >= 0.3 is 11.9 Å². The fraction of sp³-hybridized carbons (Fsp3) is 0.750. The fourth-order valence-corrected chi connectivity index (χ4v) is 1.34. The number of carbonyl (C=O) groups excluding carboxylic acids is 2. The molecule has 25 heavy (non-hydrogen) atoms. The molecule has 0 radical (unpaired) electrons. The summed E-state index contributed by atoms with van der Waals surface area (Å²) in [5.41, 5.74) is 0. The van der Waals surface area contributed by atoms with Crippen molar-refractivity contribution in [1.29, 1.82) is 0 Å². The van der Waals surface area contributed by atoms with Gasteiger partial charge in [-0.1, -0.05) is 6.08 Å². The van der Waals surface area contributed by atoms with E-state index in [0.717, 1.165) is 0 Å². The first kappa shape index (κ1) is 25.7. The lowest BCUT2D eigenvalue weighted by atomic mass is 10.4. The Kier molecular flexibility index (Phi) is 19.4. The quantitative estimate of drug-likeness (QED) is 0.272. The van der Waals surface area contributed by atoms with Crippen LogP contribution < -0.4 is 0 Å². The lowest BCUT2D eigenvalue weighted by Crippen LogP contribution is -2.29. The van der Waals surface area contributed by atoms with Crippen molar-refractivity contribution in [3.8, 4) is 0 Å². The molecular weight excluding hydrogens is 336 g/mol. The second-order valence-corrected chi connectivity index (χ2v) is 4.47. The molecule has 2 unspecified atom stereocenters. The molecule has 0 aromatic heterocycles. The number of aliphatic hydroxyl groups is 1. The highest BCUT2D eigenvalue weighted by Gasteiger charge is 2.18. The summed E-state index contributed by atoms with van der Waals surface area (Å²) in [7, 11) is 5.44. The predicted molar refractivity (Wildman–Crippen MR) is 89.2 cm³/mol. The van der Waals surface area contributed by atoms with E-state index in [1.165, 1.54) is 28.4 Å². The van der Waals surface area contributed by atoms with Gasteiger partial charge in [-0.3, -0.25) is 0 Å². The normalized spacial score (nSPS) is 12.4. The van der Waals surface area contributed by atoms with Gasteiger partial charge in [-0.05, 0) is 6.42 Å². The summed E-state index contributed by atoms with van der Waals surface area (Å²) in [6, 6.07) is 0. The van der Waals surface area contributed by atoms with Gasteiger partial charge in [-0.25, -0.2) is 9.59 Å². The highest BCUT2D eigenvalue weighted by molar-refractivity contribution is 5.74. The summed E-state index contributed by atoms with van der Waals surface area (Å²) >= 11 is 0. The second-order valence-electron chi connectivity index (χ2n) is 4.47. The van der Waals surface area contributed by atoms with Crippen LogP contribution in [0.25, 0.3) is 0 Å². The molecule has 0 spiro atoms. The van der Waals surface area contributed by atoms with E-state index in [4.69, 9.17) is 24.1 Å². The summed E-state index contributed by atoms with van der Waals surface area (Å²) in [5, 5.41) is 8.44. The van der Waals surface area contributed by atoms with Crippen molar-refractivity contribution in [2.75, 3.05) is 61.5 Å². The topological polar surface area (TPSA) is 110 Å². The maximum Gasteiger partial charge on any atom is 0.337 e. The summed E-state index contributed by atoms with van der Waals surface area (Å²) in [5.74, 6) is -0.881. The van der Waals surface area contributed by atoms with Crippen molar-refractivity contribution in [3.05, 3.63) is 12.7 Å². The minimum atomic E-state index is -0.677. The molecule has 0 fully saturated rings. The van der Waals surface area contributed by atoms with E-state index in [-0.39, 0.29) is 19.8 Å². The van der Waals surface area contributed by atoms with Crippen LogP contribution in [0.15, 0.2) is 12.7 Å². The summed E-state index contributed by atoms with van der Waals surface area (Å²) in [4.78, 5) is 21.8. The summed E-state index contributed by atoms with van der Waals surface area (Å²) < 4.78 is 28.6. The standard InChI is InChI=1S/C8H16O5.C8H14O4/c1-11-7(8(10)12-2)6-13-5-3-4-9;1-4-5-12-6-7(10-2)8(9)11-3/h7,9H,3-6H2,1-2H3;4,7H,1,5-6H2,2-3H3. The van der Waals surface area contributed by atoms with Crippen LogP contribution in [0.4, 0.5) is 0 Å². The third kappa shape index (κ3) is 14.5. The molecule has 0 saturated heterocycles. The van der Waals surface area contributed by atoms with Gasteiger partial charge in [-0.2, -0.15) is 0 Å². The molecule has 148 valence electrons. The van der Waals surface area contributed by atoms with Crippen LogP contribution in [-0.2, 0) is 38.0 Å². The number of methoxy groups -OCH3 is 4. The molecule has 1 N–H and O–H groups in total. The monoisotopic (exact) mass is 366 g/mol. The van der Waals surface area contributed by atoms with E-state index in [9.17, 15) is 9.59 Å². The Morgan fingerprint density at radius 1 is 0.960 bits per heavy atom. The molecule has 0 bridgehead atoms. The van der Waals surface area contributed by atoms with Crippen molar-refractivity contribution in [2.24, 2.45) is 0 Å². The molecule has 0 aromatic carbocycles. The molecule has 0 aliphatic heterocycles. The number of rotatable bonds is 13. The van der Waals surface area contributed by atoms with Gasteiger partial charge in [-0.15, -0.1) is 6.58 Å². The Labute approximate surface area is 148 Å². The average molecular weight is 366 g/mol. The van der Waals surface area contributed by atoms with Crippen LogP contribution in [0.2, 0.25) is 0 Å². The van der Waals surface area contributed by atoms with Crippen LogP contribution in [-0.4, -0.2) is 90.7 Å². The predicted octanol–water partition coefficient (Wildman–Crippen LogP) is -0.0496. The molecule has 2 atom stereocenters. The third-order valence-electron chi connectivity index (χ3n) is 2.72. The van der Waals surface area contributed by atoms with Crippen molar-refractivity contribution < 1.29 is 43.1 Å². The van der Waals surface area contributed by atoms with Crippen molar-refractivity contribution in [1.82, 2.24) is 0 Å². The molecule has 0 heterocycles. The number of esters is 2. The number of hydrogen-bond acceptors (Lipinski definition) is 9. The number of hydrogen-bond donors (Lipinski definition) is 1. The van der Waals surface area contributed by atoms with E-state index in [1.54, 1.807) is 6.08 Å². The zero-order valence-corrected chi connectivity index (χ0v) is 15.4. The molecular formula is C16H30O9. The molecule has 0 aliphatic carbocycles. The van der Waals surface area contributed by atoms with Gasteiger partial charge in [0.1, 0.15) is 0 Å². The van der Waals surface area contributed by atoms with Gasteiger partial charge in [0, 0.05) is 27.4 Å². The number of aliphatic hydroxyl groups excluding tert-OH is 1. The van der Waals surface area contributed by atoms with Crippen LogP contribution in [0.3, 0.4) is 0 Å². The SMILES string of the molecule is C=CCOCC(OC)C(=O)OC.COC(=O)C(COCCCO)OC. The molecule has 0 aromatic rings. The highest BCUT2D eigenvalue weighted by atomic mass is 16.6. The molecule has 9 heteroatoms. The van der Waals surface area contributed by atoms with Crippen molar-refractivity contribution in [2.45, 2.75) is 18.6 Å². The number of ether oxygens (including phenoxy) is 6. The van der Waals surface area contributed by atoms with Crippen LogP contribution >= 0.6 is 0 Å². The Hall–Kier alpha value is -1.52. The summed E-state index contributed by atoms with van der Waals surface area (Å²) in [6.45, 7) is 4.70. The van der Waals surface area contributed by atoms with E-state index >= 15 is 0 Å². The zero-order chi connectivity index (χ0) is 19.5. The minimum absolute atomic E-state index is 0.0792. The maximum atomic E-state index is 10.9. The van der Waals surface area contributed by atoms with Crippen LogP contribution in [0.5, 0.6) is 0 Å². The van der Waals surface area contributed by atoms with Gasteiger partial charge in [0.25, 0.3) is 0 Å². The highest BCUT2D eigenvalue weighted by Crippen LogP contribution is 1.95. The minimum Gasteiger partial charge on any atom is -0.467 e. The Bertz CT molecular complexity index is 346. The first-order chi connectivity index (χ1) is 12.0. The Balaban J connectivity index is 0. The average Bonchev–Trinajstić information content (AvgIpc) is 2.64. The molecule has 0 rings (SSSR count). The maximum absolute atomic E-state index is 10.9. The fourth-order valence-electron chi connectivity index (χ4n) is 1.34. The second kappa shape index (κ2) is 18.8. The smallest absolute Gasteiger partial charge is 0.337 e. The molecule has 9 nitrogen and oxygen atoms in total. The Morgan fingerprint density at radius 2 is 1.44 bits per heavy atom. The van der Waals surface area contributed by atoms with Crippen LogP contribution in [0.1, 0.15) is 6.42 Å². The van der Waals surface area contributed by atoms with Gasteiger partial charge in [0.15, 0.2) is 12.2 Å². The van der Waals surface area contributed by atoms with Crippen LogP contribution in [0, 0.1) is 0 Å². The Morgan fingerprint density at radius 3 is 1.80 bits per heavy atom.